The van der Waals surface area contributed by atoms with Crippen LogP contribution in [0.15, 0.2) is 97.2 Å². The van der Waals surface area contributed by atoms with Gasteiger partial charge in [0, 0.05) is 6.42 Å². The predicted octanol–water partition coefficient (Wildman–Crippen LogP) is 13.2. The van der Waals surface area contributed by atoms with E-state index in [4.69, 9.17) is 14.2 Å². The summed E-state index contributed by atoms with van der Waals surface area (Å²) >= 11 is 0. The zero-order valence-electron chi connectivity index (χ0n) is 46.0. The van der Waals surface area contributed by atoms with Crippen LogP contribution in [0.3, 0.4) is 0 Å². The Morgan fingerprint density at radius 1 is 0.548 bits per heavy atom. The lowest BCUT2D eigenvalue weighted by molar-refractivity contribution is -0.305. The molecule has 1 aliphatic rings. The van der Waals surface area contributed by atoms with Gasteiger partial charge in [0.25, 0.3) is 0 Å². The second-order valence-corrected chi connectivity index (χ2v) is 19.8. The first-order valence-corrected chi connectivity index (χ1v) is 29.1. The zero-order valence-corrected chi connectivity index (χ0v) is 46.0. The number of allylic oxidation sites excluding steroid dienone is 15. The van der Waals surface area contributed by atoms with E-state index >= 15 is 0 Å². The van der Waals surface area contributed by atoms with Crippen molar-refractivity contribution in [1.82, 2.24) is 5.32 Å². The maximum absolute atomic E-state index is 13.4. The van der Waals surface area contributed by atoms with Crippen molar-refractivity contribution in [2.45, 2.75) is 269 Å². The maximum atomic E-state index is 13.4. The van der Waals surface area contributed by atoms with Crippen LogP contribution < -0.4 is 5.32 Å². The molecule has 8 atom stereocenters. The molecule has 1 rings (SSSR count). The lowest BCUT2D eigenvalue weighted by atomic mass is 9.99. The van der Waals surface area contributed by atoms with E-state index in [9.17, 15) is 35.1 Å². The first kappa shape index (κ1) is 67.6. The van der Waals surface area contributed by atoms with E-state index in [1.807, 2.05) is 66.8 Å². The van der Waals surface area contributed by atoms with E-state index in [2.05, 4.69) is 50.4 Å². The molecule has 0 radical (unpaired) electrons. The molecule has 0 aromatic carbocycles. The first-order chi connectivity index (χ1) is 35.7. The zero-order chi connectivity index (χ0) is 53.3. The number of carbonyl (C=O) groups is 2. The molecule has 0 aromatic rings. The van der Waals surface area contributed by atoms with Gasteiger partial charge in [-0.15, -0.1) is 0 Å². The number of nitrogens with one attached hydrogen (secondary N) is 1. The van der Waals surface area contributed by atoms with Crippen LogP contribution in [0.1, 0.15) is 220 Å². The number of aliphatic hydroxyl groups is 5. The van der Waals surface area contributed by atoms with Gasteiger partial charge in [0.2, 0.25) is 5.91 Å². The van der Waals surface area contributed by atoms with Crippen molar-refractivity contribution in [3.8, 4) is 0 Å². The highest BCUT2D eigenvalue weighted by Crippen LogP contribution is 2.26. The highest BCUT2D eigenvalue weighted by Gasteiger charge is 2.47. The smallest absolute Gasteiger partial charge is 0.306 e. The van der Waals surface area contributed by atoms with Crippen LogP contribution in [-0.4, -0.2) is 99.6 Å². The molecule has 0 aromatic heterocycles. The van der Waals surface area contributed by atoms with Gasteiger partial charge in [-0.05, 0) is 70.6 Å². The summed E-state index contributed by atoms with van der Waals surface area (Å²) in [5, 5.41) is 56.8. The molecular formula is C62H105NO10. The van der Waals surface area contributed by atoms with Gasteiger partial charge in [0.1, 0.15) is 24.4 Å². The van der Waals surface area contributed by atoms with Crippen LogP contribution in [0, 0.1) is 0 Å². The molecule has 6 N–H and O–H groups in total. The van der Waals surface area contributed by atoms with Gasteiger partial charge in [0.05, 0.1) is 25.4 Å². The third-order valence-corrected chi connectivity index (χ3v) is 13.1. The Hall–Kier alpha value is -3.42. The summed E-state index contributed by atoms with van der Waals surface area (Å²) in [6.07, 6.45) is 54.4. The molecule has 1 heterocycles. The maximum Gasteiger partial charge on any atom is 0.306 e. The molecule has 1 amide bonds. The highest BCUT2D eigenvalue weighted by molar-refractivity contribution is 5.80. The molecule has 1 saturated heterocycles. The van der Waals surface area contributed by atoms with Gasteiger partial charge in [-0.1, -0.05) is 240 Å². The molecule has 8 unspecified atom stereocenters. The van der Waals surface area contributed by atoms with E-state index in [0.29, 0.717) is 12.8 Å². The van der Waals surface area contributed by atoms with E-state index in [-0.39, 0.29) is 19.4 Å². The Bertz CT molecular complexity index is 1550. The molecule has 1 fully saturated rings. The quantitative estimate of drug-likeness (QED) is 0.0149. The van der Waals surface area contributed by atoms with Crippen molar-refractivity contribution in [2.24, 2.45) is 0 Å². The van der Waals surface area contributed by atoms with Gasteiger partial charge in [0.15, 0.2) is 12.4 Å². The molecule has 0 bridgehead atoms. The normalized spacial score (nSPS) is 20.1. The topological polar surface area (TPSA) is 175 Å². The van der Waals surface area contributed by atoms with Gasteiger partial charge >= 0.3 is 5.97 Å². The summed E-state index contributed by atoms with van der Waals surface area (Å²) in [5.41, 5.74) is 0. The van der Waals surface area contributed by atoms with Crippen molar-refractivity contribution in [3.63, 3.8) is 0 Å². The lowest BCUT2D eigenvalue weighted by Gasteiger charge is -2.41. The van der Waals surface area contributed by atoms with Gasteiger partial charge in [-0.3, -0.25) is 9.59 Å². The van der Waals surface area contributed by atoms with E-state index in [1.54, 1.807) is 6.08 Å². The van der Waals surface area contributed by atoms with Crippen LogP contribution in [-0.2, 0) is 23.8 Å². The van der Waals surface area contributed by atoms with Crippen molar-refractivity contribution < 1.29 is 49.3 Å². The second kappa shape index (κ2) is 49.5. The van der Waals surface area contributed by atoms with Gasteiger partial charge < -0.3 is 45.1 Å². The predicted molar refractivity (Wildman–Crippen MR) is 301 cm³/mol. The van der Waals surface area contributed by atoms with Crippen molar-refractivity contribution >= 4 is 11.9 Å². The number of aliphatic hydroxyl groups excluding tert-OH is 5. The number of hydrogen-bond acceptors (Lipinski definition) is 10. The number of hydrogen-bond donors (Lipinski definition) is 6. The SMILES string of the molecule is CC\C=C/C=C/C=C/C=C\C=C\C=C\CCCCCC(=O)OC1C(OCC(NC(=O)C(O)CCCCCCCC/C=C/CCCCCCCC)C(O)/C=C/CCCCCCCCCCC)OC(CO)C(O)C1O. The average molecular weight is 1020 g/mol. The summed E-state index contributed by atoms with van der Waals surface area (Å²) in [7, 11) is 0. The summed E-state index contributed by atoms with van der Waals surface area (Å²) in [6, 6.07) is -1.04. The monoisotopic (exact) mass is 1020 g/mol. The minimum absolute atomic E-state index is 0.0670. The number of unbranched alkanes of at least 4 members (excludes halogenated alkanes) is 24. The summed E-state index contributed by atoms with van der Waals surface area (Å²) < 4.78 is 17.5. The molecular weight excluding hydrogens is 919 g/mol. The Kier molecular flexibility index (Phi) is 45.8. The van der Waals surface area contributed by atoms with Gasteiger partial charge in [-0.25, -0.2) is 0 Å². The van der Waals surface area contributed by atoms with E-state index in [1.165, 1.54) is 89.9 Å². The van der Waals surface area contributed by atoms with Crippen LogP contribution in [0.5, 0.6) is 0 Å². The number of ether oxygens (including phenoxy) is 3. The Labute approximate surface area is 444 Å². The highest BCUT2D eigenvalue weighted by atomic mass is 16.7. The Morgan fingerprint density at radius 3 is 1.52 bits per heavy atom. The molecule has 1 aliphatic heterocycles. The van der Waals surface area contributed by atoms with Crippen LogP contribution in [0.4, 0.5) is 0 Å². The fourth-order valence-electron chi connectivity index (χ4n) is 8.50. The fourth-order valence-corrected chi connectivity index (χ4v) is 8.50. The molecule has 11 heteroatoms. The largest absolute Gasteiger partial charge is 0.454 e. The summed E-state index contributed by atoms with van der Waals surface area (Å²) in [4.78, 5) is 26.5. The van der Waals surface area contributed by atoms with E-state index < -0.39 is 67.4 Å². The third kappa shape index (κ3) is 37.9. The standard InChI is InChI=1S/C62H105NO10/c1-4-7-10-13-16-19-22-24-26-28-30-32-35-38-41-44-47-50-57(67)73-60-59(69)58(68)56(51-64)72-62(60)71-52-53(54(65)48-45-42-39-36-33-21-18-15-12-9-6-3)63-61(70)55(66)49-46-43-40-37-34-31-29-27-25-23-20-17-14-11-8-5-2/h7,10,13,16,19,22,24-28,30,32,35,45,48,53-56,58-60,62,64-66,68-69H,4-6,8-9,11-12,14-15,17-18,20-21,23,29,31,33-34,36-44,46-47,49-52H2,1-3H3,(H,63,70)/b10-7-,16-13+,22-19+,26-24-,27-25+,30-28+,35-32+,48-45+. The van der Waals surface area contributed by atoms with E-state index in [0.717, 1.165) is 83.5 Å². The van der Waals surface area contributed by atoms with Crippen molar-refractivity contribution in [1.29, 1.82) is 0 Å². The summed E-state index contributed by atoms with van der Waals surface area (Å²) in [6.45, 7) is 5.58. The number of carbonyl (C=O) groups excluding carboxylic acids is 2. The first-order valence-electron chi connectivity index (χ1n) is 29.1. The van der Waals surface area contributed by atoms with Crippen LogP contribution >= 0.6 is 0 Å². The Morgan fingerprint density at radius 2 is 1.00 bits per heavy atom. The molecule has 73 heavy (non-hydrogen) atoms. The van der Waals surface area contributed by atoms with Crippen molar-refractivity contribution in [3.05, 3.63) is 97.2 Å². The molecule has 11 nitrogen and oxygen atoms in total. The molecule has 418 valence electrons. The van der Waals surface area contributed by atoms with Crippen LogP contribution in [0.2, 0.25) is 0 Å². The molecule has 0 spiro atoms. The van der Waals surface area contributed by atoms with Crippen LogP contribution in [0.25, 0.3) is 0 Å². The molecule has 0 aliphatic carbocycles. The minimum Gasteiger partial charge on any atom is -0.454 e. The second-order valence-electron chi connectivity index (χ2n) is 19.8. The Balaban J connectivity index is 2.75. The molecule has 0 saturated carbocycles. The third-order valence-electron chi connectivity index (χ3n) is 13.1. The average Bonchev–Trinajstić information content (AvgIpc) is 3.39. The fraction of sp³-hybridized carbons (Fsp3) is 0.710. The van der Waals surface area contributed by atoms with Crippen molar-refractivity contribution in [2.75, 3.05) is 13.2 Å². The van der Waals surface area contributed by atoms with Gasteiger partial charge in [-0.2, -0.15) is 0 Å². The number of amides is 1. The lowest BCUT2D eigenvalue weighted by Crippen LogP contribution is -2.61. The summed E-state index contributed by atoms with van der Waals surface area (Å²) in [5.74, 6) is -1.25. The number of esters is 1. The number of rotatable bonds is 47. The minimum atomic E-state index is -1.64.